The summed E-state index contributed by atoms with van der Waals surface area (Å²) in [5.74, 6) is 1.69. The summed E-state index contributed by atoms with van der Waals surface area (Å²) < 4.78 is 1.84. The Balaban J connectivity index is 1.51. The van der Waals surface area contributed by atoms with Crippen LogP contribution in [0.3, 0.4) is 0 Å². The minimum Gasteiger partial charge on any atom is -0.342 e. The number of pyridine rings is 1. The first-order valence-electron chi connectivity index (χ1n) is 9.56. The highest BCUT2D eigenvalue weighted by Gasteiger charge is 2.50. The molecular formula is C22H21ClN4O. The molecule has 0 unspecified atom stereocenters. The van der Waals surface area contributed by atoms with Crippen molar-refractivity contribution in [2.75, 3.05) is 0 Å². The second kappa shape index (κ2) is 6.17. The predicted molar refractivity (Wildman–Crippen MR) is 108 cm³/mol. The molecule has 0 saturated heterocycles. The van der Waals surface area contributed by atoms with Gasteiger partial charge in [0, 0.05) is 17.7 Å². The van der Waals surface area contributed by atoms with Gasteiger partial charge in [-0.15, -0.1) is 0 Å². The zero-order valence-electron chi connectivity index (χ0n) is 15.8. The molecule has 1 aromatic carbocycles. The summed E-state index contributed by atoms with van der Waals surface area (Å²) in [6.07, 6.45) is 3.70. The molecule has 0 aliphatic heterocycles. The molecule has 142 valence electrons. The minimum atomic E-state index is -0.491. The number of hydrogen-bond donors (Lipinski definition) is 1. The van der Waals surface area contributed by atoms with Crippen LogP contribution in [0.1, 0.15) is 53.5 Å². The van der Waals surface area contributed by atoms with Gasteiger partial charge in [-0.25, -0.2) is 9.67 Å². The first-order valence-corrected chi connectivity index (χ1v) is 9.93. The Morgan fingerprint density at radius 2 is 2.00 bits per heavy atom. The minimum absolute atomic E-state index is 0.140. The van der Waals surface area contributed by atoms with Crippen molar-refractivity contribution in [3.05, 3.63) is 76.2 Å². The molecule has 1 N–H and O–H groups in total. The number of rotatable bonds is 4. The number of halogens is 1. The third kappa shape index (κ3) is 2.81. The van der Waals surface area contributed by atoms with Crippen LogP contribution in [0, 0.1) is 5.92 Å². The number of aromatic nitrogens is 3. The quantitative estimate of drug-likeness (QED) is 0.722. The van der Waals surface area contributed by atoms with Gasteiger partial charge in [-0.1, -0.05) is 41.9 Å². The standard InChI is InChI=1S/C22H21ClN4O/c1-22(2,14-6-4-3-5-7-14)25-21(28)19-17-11-13-10-16(13)20(17)27(26-19)18-9-8-15(23)12-24-18/h3-9,12-13,16H,10-11H2,1-2H3,(H,25,28)/t13-,16-/m1/s1. The van der Waals surface area contributed by atoms with Crippen LogP contribution in [-0.4, -0.2) is 20.7 Å². The fourth-order valence-corrected chi connectivity index (χ4v) is 4.35. The fourth-order valence-electron chi connectivity index (χ4n) is 4.24. The van der Waals surface area contributed by atoms with Crippen molar-refractivity contribution in [1.82, 2.24) is 20.1 Å². The first kappa shape index (κ1) is 17.4. The molecule has 2 aliphatic rings. The van der Waals surface area contributed by atoms with Gasteiger partial charge >= 0.3 is 0 Å². The summed E-state index contributed by atoms with van der Waals surface area (Å²) >= 11 is 5.98. The highest BCUT2D eigenvalue weighted by atomic mass is 35.5. The van der Waals surface area contributed by atoms with Gasteiger partial charge < -0.3 is 5.32 Å². The maximum absolute atomic E-state index is 13.2. The molecule has 6 heteroatoms. The molecule has 5 nitrogen and oxygen atoms in total. The second-order valence-corrected chi connectivity index (χ2v) is 8.65. The van der Waals surface area contributed by atoms with Gasteiger partial charge in [0.1, 0.15) is 0 Å². The van der Waals surface area contributed by atoms with Crippen LogP contribution in [0.5, 0.6) is 0 Å². The average molecular weight is 393 g/mol. The molecule has 1 fully saturated rings. The van der Waals surface area contributed by atoms with E-state index in [4.69, 9.17) is 11.6 Å². The normalized spacial score (nSPS) is 19.8. The van der Waals surface area contributed by atoms with Gasteiger partial charge in [0.2, 0.25) is 0 Å². The van der Waals surface area contributed by atoms with E-state index in [1.807, 2.05) is 54.9 Å². The van der Waals surface area contributed by atoms with Crippen LogP contribution in [0.2, 0.25) is 5.02 Å². The maximum Gasteiger partial charge on any atom is 0.272 e. The summed E-state index contributed by atoms with van der Waals surface area (Å²) in [7, 11) is 0. The Kier molecular flexibility index (Phi) is 3.85. The lowest BCUT2D eigenvalue weighted by Gasteiger charge is -2.26. The molecule has 28 heavy (non-hydrogen) atoms. The molecule has 2 aliphatic carbocycles. The predicted octanol–water partition coefficient (Wildman–Crippen LogP) is 4.25. The summed E-state index contributed by atoms with van der Waals surface area (Å²) in [5.41, 5.74) is 3.29. The zero-order valence-corrected chi connectivity index (χ0v) is 16.6. The molecule has 0 spiro atoms. The van der Waals surface area contributed by atoms with E-state index in [0.29, 0.717) is 28.4 Å². The monoisotopic (exact) mass is 392 g/mol. The lowest BCUT2D eigenvalue weighted by Crippen LogP contribution is -2.41. The van der Waals surface area contributed by atoms with Crippen LogP contribution in [0.25, 0.3) is 5.82 Å². The van der Waals surface area contributed by atoms with Crippen LogP contribution < -0.4 is 5.32 Å². The third-order valence-corrected chi connectivity index (χ3v) is 6.05. The Morgan fingerprint density at radius 1 is 1.21 bits per heavy atom. The van der Waals surface area contributed by atoms with E-state index in [9.17, 15) is 4.79 Å². The zero-order chi connectivity index (χ0) is 19.5. The van der Waals surface area contributed by atoms with Crippen molar-refractivity contribution in [3.63, 3.8) is 0 Å². The van der Waals surface area contributed by atoms with Gasteiger partial charge in [0.15, 0.2) is 11.5 Å². The van der Waals surface area contributed by atoms with Crippen molar-refractivity contribution in [2.45, 2.75) is 38.1 Å². The van der Waals surface area contributed by atoms with Gasteiger partial charge in [0.05, 0.1) is 16.3 Å². The lowest BCUT2D eigenvalue weighted by atomic mass is 9.94. The van der Waals surface area contributed by atoms with E-state index in [0.717, 1.165) is 23.2 Å². The number of hydrogen-bond acceptors (Lipinski definition) is 3. The summed E-state index contributed by atoms with van der Waals surface area (Å²) in [6.45, 7) is 4.02. The Hall–Kier alpha value is -2.66. The maximum atomic E-state index is 13.2. The van der Waals surface area contributed by atoms with Gasteiger partial charge in [0.25, 0.3) is 5.91 Å². The summed E-state index contributed by atoms with van der Waals surface area (Å²) in [6, 6.07) is 13.6. The van der Waals surface area contributed by atoms with E-state index in [1.165, 1.54) is 6.42 Å². The van der Waals surface area contributed by atoms with Crippen molar-refractivity contribution < 1.29 is 4.79 Å². The van der Waals surface area contributed by atoms with Gasteiger partial charge in [-0.05, 0) is 50.3 Å². The molecule has 0 radical (unpaired) electrons. The molecular weight excluding hydrogens is 372 g/mol. The molecule has 0 bridgehead atoms. The van der Waals surface area contributed by atoms with E-state index in [1.54, 1.807) is 12.3 Å². The Labute approximate surface area is 168 Å². The lowest BCUT2D eigenvalue weighted by molar-refractivity contribution is 0.0905. The number of nitrogens with one attached hydrogen (secondary N) is 1. The van der Waals surface area contributed by atoms with Gasteiger partial charge in [-0.3, -0.25) is 4.79 Å². The van der Waals surface area contributed by atoms with Crippen molar-refractivity contribution in [3.8, 4) is 5.82 Å². The molecule has 3 aromatic rings. The third-order valence-electron chi connectivity index (χ3n) is 5.83. The summed E-state index contributed by atoms with van der Waals surface area (Å²) in [4.78, 5) is 17.6. The topological polar surface area (TPSA) is 59.8 Å². The summed E-state index contributed by atoms with van der Waals surface area (Å²) in [5, 5.41) is 8.43. The molecule has 1 amide bonds. The second-order valence-electron chi connectivity index (χ2n) is 8.21. The average Bonchev–Trinajstić information content (AvgIpc) is 3.18. The number of amides is 1. The number of carbonyl (C=O) groups is 1. The van der Waals surface area contributed by atoms with Crippen LogP contribution in [0.4, 0.5) is 0 Å². The van der Waals surface area contributed by atoms with Crippen molar-refractivity contribution in [1.29, 1.82) is 0 Å². The molecule has 2 atom stereocenters. The molecule has 1 saturated carbocycles. The molecule has 2 aromatic heterocycles. The van der Waals surface area contributed by atoms with Crippen molar-refractivity contribution in [2.24, 2.45) is 5.92 Å². The van der Waals surface area contributed by atoms with E-state index in [-0.39, 0.29) is 5.91 Å². The highest BCUT2D eigenvalue weighted by molar-refractivity contribution is 6.30. The first-order chi connectivity index (χ1) is 13.4. The molecule has 2 heterocycles. The van der Waals surface area contributed by atoms with Crippen LogP contribution in [0.15, 0.2) is 48.7 Å². The van der Waals surface area contributed by atoms with Gasteiger partial charge in [-0.2, -0.15) is 5.10 Å². The smallest absolute Gasteiger partial charge is 0.272 e. The highest BCUT2D eigenvalue weighted by Crippen LogP contribution is 2.57. The Morgan fingerprint density at radius 3 is 2.71 bits per heavy atom. The van der Waals surface area contributed by atoms with E-state index >= 15 is 0 Å². The number of benzene rings is 1. The number of fused-ring (bicyclic) bond motifs is 3. The number of carbonyl (C=O) groups excluding carboxylic acids is 1. The van der Waals surface area contributed by atoms with Crippen molar-refractivity contribution >= 4 is 17.5 Å². The fraction of sp³-hybridized carbons (Fsp3) is 0.318. The largest absolute Gasteiger partial charge is 0.342 e. The van der Waals surface area contributed by atoms with E-state index in [2.05, 4.69) is 15.4 Å². The SMILES string of the molecule is CC(C)(NC(=O)c1nn(-c2ccc(Cl)cn2)c2c1C[C@H]1C[C@@H]21)c1ccccc1. The Bertz CT molecular complexity index is 1060. The van der Waals surface area contributed by atoms with E-state index < -0.39 is 5.54 Å². The van der Waals surface area contributed by atoms with Crippen LogP contribution in [-0.2, 0) is 12.0 Å². The number of nitrogens with zero attached hydrogens (tertiary/aromatic N) is 3. The molecule has 5 rings (SSSR count). The van der Waals surface area contributed by atoms with Crippen LogP contribution >= 0.6 is 11.6 Å².